The van der Waals surface area contributed by atoms with Gasteiger partial charge in [0.25, 0.3) is 23.6 Å². The van der Waals surface area contributed by atoms with E-state index in [1.165, 1.54) is 61.1 Å². The van der Waals surface area contributed by atoms with Crippen molar-refractivity contribution in [2.24, 2.45) is 0 Å². The van der Waals surface area contributed by atoms with Gasteiger partial charge in [0.15, 0.2) is 12.1 Å². The molecule has 4 amide bonds. The molecule has 30 heteroatoms. The number of carbonyl (C=O) groups is 6. The van der Waals surface area contributed by atoms with E-state index in [2.05, 4.69) is 19.9 Å². The molecule has 6 aliphatic rings. The van der Waals surface area contributed by atoms with Gasteiger partial charge in [-0.05, 0) is 206 Å². The lowest BCUT2D eigenvalue weighted by Gasteiger charge is -2.34. The van der Waals surface area contributed by atoms with Crippen molar-refractivity contribution in [1.82, 2.24) is 29.7 Å². The number of amides is 4. The second-order valence-electron chi connectivity index (χ2n) is 31.6. The van der Waals surface area contributed by atoms with Gasteiger partial charge in [0.2, 0.25) is 23.5 Å². The largest absolute Gasteiger partial charge is 0.466 e. The van der Waals surface area contributed by atoms with E-state index in [-0.39, 0.29) is 174 Å². The highest BCUT2D eigenvalue weighted by Gasteiger charge is 2.49. The van der Waals surface area contributed by atoms with Crippen LogP contribution in [-0.4, -0.2) is 156 Å². The molecule has 21 rings (SSSR count). The minimum absolute atomic E-state index is 0.00315. The second kappa shape index (κ2) is 35.2. The Hall–Kier alpha value is -15.2. The molecule has 130 heavy (non-hydrogen) atoms. The van der Waals surface area contributed by atoms with Gasteiger partial charge in [-0.25, -0.2) is 29.5 Å². The molecule has 0 bridgehead atoms. The molecule has 652 valence electrons. The smallest absolute Gasteiger partial charge is 0.337 e. The number of imide groups is 2. The number of fused-ring (bicyclic) bond motifs is 2. The summed E-state index contributed by atoms with van der Waals surface area (Å²) in [6.07, 6.45) is 12.3. The first-order valence-corrected chi connectivity index (χ1v) is 42.5. The minimum atomic E-state index is -1.87. The van der Waals surface area contributed by atoms with E-state index in [1.54, 1.807) is 136 Å². The quantitative estimate of drug-likeness (QED) is 0.00866. The number of esters is 2. The lowest BCUT2D eigenvalue weighted by atomic mass is 9.80. The predicted octanol–water partition coefficient (Wildman–Crippen LogP) is 18.4. The minimum Gasteiger partial charge on any atom is -0.466 e. The fourth-order valence-corrected chi connectivity index (χ4v) is 16.4. The molecule has 15 aromatic rings. The lowest BCUT2D eigenvalue weighted by Crippen LogP contribution is -2.46. The Kier molecular flexibility index (Phi) is 22.2. The van der Waals surface area contributed by atoms with Gasteiger partial charge in [0.1, 0.15) is 93.7 Å². The number of epoxide rings is 4. The van der Waals surface area contributed by atoms with Crippen LogP contribution in [0.1, 0.15) is 101 Å². The van der Waals surface area contributed by atoms with E-state index in [0.29, 0.717) is 112 Å². The monoisotopic (exact) mass is 1750 g/mol. The van der Waals surface area contributed by atoms with Crippen LogP contribution in [0.25, 0.3) is 43.1 Å². The number of hydrogen-bond acceptors (Lipinski definition) is 28. The summed E-state index contributed by atoms with van der Waals surface area (Å²) in [7, 11) is 0. The molecule has 0 N–H and O–H groups in total. The summed E-state index contributed by atoms with van der Waals surface area (Å²) in [5.74, 6) is -3.53. The number of rotatable bonds is 38. The van der Waals surface area contributed by atoms with Crippen molar-refractivity contribution in [1.29, 1.82) is 0 Å². The van der Waals surface area contributed by atoms with Crippen molar-refractivity contribution in [3.05, 3.63) is 287 Å². The Morgan fingerprint density at radius 2 is 0.585 bits per heavy atom. The molecule has 9 aromatic carbocycles. The summed E-state index contributed by atoms with van der Waals surface area (Å²) in [6, 6.07) is 49.4. The maximum atomic E-state index is 16.7. The van der Waals surface area contributed by atoms with Crippen molar-refractivity contribution >= 4 is 78.7 Å². The number of pyridine rings is 4. The van der Waals surface area contributed by atoms with Gasteiger partial charge in [-0.1, -0.05) is 0 Å². The zero-order valence-corrected chi connectivity index (χ0v) is 69.8. The third-order valence-corrected chi connectivity index (χ3v) is 22.7. The first-order valence-electron chi connectivity index (χ1n) is 42.5. The summed E-state index contributed by atoms with van der Waals surface area (Å²) in [5.41, 5.74) is 3.07. The Bertz CT molecular complexity index is 6110. The first-order chi connectivity index (χ1) is 63.7. The van der Waals surface area contributed by atoms with Gasteiger partial charge < -0.3 is 84.6 Å². The van der Waals surface area contributed by atoms with Crippen LogP contribution in [0.15, 0.2) is 240 Å². The highest BCUT2D eigenvalue weighted by Crippen LogP contribution is 2.59. The molecule has 30 nitrogen and oxygen atoms in total. The average Bonchev–Trinajstić information content (AvgIpc) is 1.49. The zero-order chi connectivity index (χ0) is 88.0. The van der Waals surface area contributed by atoms with Gasteiger partial charge in [0, 0.05) is 131 Å². The van der Waals surface area contributed by atoms with E-state index in [4.69, 9.17) is 84.6 Å². The maximum Gasteiger partial charge on any atom is 0.337 e. The Morgan fingerprint density at radius 3 is 0.815 bits per heavy atom. The van der Waals surface area contributed by atoms with Crippen molar-refractivity contribution < 1.29 is 113 Å². The van der Waals surface area contributed by atoms with Crippen LogP contribution in [0.3, 0.4) is 0 Å². The number of furan rings is 2. The second-order valence-corrected chi connectivity index (χ2v) is 31.6. The number of aromatic nitrogens is 4. The molecule has 0 spiro atoms. The lowest BCUT2D eigenvalue weighted by molar-refractivity contribution is -0.151. The molecule has 6 aromatic heterocycles. The summed E-state index contributed by atoms with van der Waals surface area (Å²) in [6.45, 7) is 6.16. The van der Waals surface area contributed by atoms with Crippen molar-refractivity contribution in [2.45, 2.75) is 76.0 Å². The molecule has 6 aliphatic heterocycles. The molecule has 6 unspecified atom stereocenters. The van der Waals surface area contributed by atoms with Gasteiger partial charge in [-0.15, -0.1) is 0 Å². The van der Waals surface area contributed by atoms with Gasteiger partial charge >= 0.3 is 11.9 Å². The van der Waals surface area contributed by atoms with Crippen molar-refractivity contribution in [3.8, 4) is 92.5 Å². The van der Waals surface area contributed by atoms with Crippen LogP contribution >= 0.6 is 0 Å². The zero-order valence-electron chi connectivity index (χ0n) is 69.8. The van der Waals surface area contributed by atoms with Gasteiger partial charge in [0.05, 0.1) is 98.8 Å². The van der Waals surface area contributed by atoms with Crippen molar-refractivity contribution in [3.63, 3.8) is 0 Å². The van der Waals surface area contributed by atoms with Crippen LogP contribution in [0.5, 0.6) is 92.5 Å². The topological polar surface area (TPSA) is 348 Å². The van der Waals surface area contributed by atoms with Gasteiger partial charge in [-0.2, -0.15) is 0 Å². The van der Waals surface area contributed by atoms with Crippen molar-refractivity contribution in [2.75, 3.05) is 66.1 Å². The van der Waals surface area contributed by atoms with E-state index in [0.717, 1.165) is 32.1 Å². The van der Waals surface area contributed by atoms with E-state index >= 15 is 28.8 Å². The molecular formula is C100H78N6O24. The molecule has 12 heterocycles. The van der Waals surface area contributed by atoms with E-state index in [9.17, 15) is 0 Å². The number of hydrogen-bond donors (Lipinski definition) is 0. The maximum absolute atomic E-state index is 16.7. The third-order valence-electron chi connectivity index (χ3n) is 22.7. The molecular weight excluding hydrogens is 1670 g/mol. The van der Waals surface area contributed by atoms with Crippen LogP contribution in [0, 0.1) is 0 Å². The Labute approximate surface area is 740 Å². The molecule has 0 aliphatic carbocycles. The van der Waals surface area contributed by atoms with Crippen LogP contribution < -0.4 is 37.9 Å². The molecule has 0 saturated carbocycles. The number of nitrogens with zero attached hydrogens (tertiary/aromatic N) is 6. The van der Waals surface area contributed by atoms with Crippen LogP contribution in [0.2, 0.25) is 0 Å². The fourth-order valence-electron chi connectivity index (χ4n) is 16.4. The average molecular weight is 1750 g/mol. The summed E-state index contributed by atoms with van der Waals surface area (Å²) in [5, 5.41) is 0.564. The predicted molar refractivity (Wildman–Crippen MR) is 464 cm³/mol. The van der Waals surface area contributed by atoms with E-state index in [1.807, 2.05) is 48.5 Å². The normalized spacial score (nSPS) is 16.8. The highest BCUT2D eigenvalue weighted by molar-refractivity contribution is 6.45. The number of ether oxygens (including phenoxy) is 16. The number of benzene rings is 9. The Balaban J connectivity index is 0.821. The molecule has 4 fully saturated rings. The fraction of sp³-hybridized carbons (Fsp3) is 0.220. The molecule has 0 radical (unpaired) electrons. The SMILES string of the molecule is CCOCCOC(=O)C(c1ccco1)N1C(=O)c2cc(Oc3ccc(Oc4cc(CC5CO5)ccn4)cc3)c3c4c(Oc5ccc(Oc6cc(CC7CO7)ccn6)cc5)cc5c6c(cc(Oc7ccc(Oc8cc(CC9CO9)ccn8)cc7)c(c7c(Oc8ccc(Oc9cc(CC%10CO%10)ccn9)cc8)cc(c2c37)C1=O)c64)C(=O)N(C(C(=O)OCCOCC)c1ccco1)C5=O. The standard InChI is InChI=1S/C100H78N6O24/c1-3-113-35-37-117-99(111)93(75-7-5-33-115-75)105-95(107)71-47-77(123-59-9-17-63(18-10-59)127-81-43-55(25-29-101-81)39-67-51-119-67)87-89-79(125-61-13-21-65(22-14-61)129-83-45-57(27-31-103-83)41-69-53-121-69)49-73-86-74(98(110)106(97(73)109)94(76-8-6-34-116-76)100(112)118-38-36-114-4-2)50-80(126-62-15-23-66(24-16-62)130-84-46-58(28-32-104-84)42-70-54-122-70)90(92(86)89)88-78(48-72(96(105)108)85(71)91(87)88)124-60-11-19-64(20-12-60)128-82-44-56(26-30-102-82)40-68-52-120-68/h5-34,43-50,67-70,93-94H,3-4,35-42,51-54H2,1-2H3. The van der Waals surface area contributed by atoms with Crippen LogP contribution in [0.4, 0.5) is 0 Å². The Morgan fingerprint density at radius 1 is 0.331 bits per heavy atom. The molecule has 4 saturated heterocycles. The van der Waals surface area contributed by atoms with Crippen LogP contribution in [-0.2, 0) is 73.2 Å². The first kappa shape index (κ1) is 81.8. The molecule has 6 atom stereocenters. The van der Waals surface area contributed by atoms with Gasteiger partial charge in [-0.3, -0.25) is 29.0 Å². The highest BCUT2D eigenvalue weighted by atomic mass is 16.6. The summed E-state index contributed by atoms with van der Waals surface area (Å²) < 4.78 is 112. The third kappa shape index (κ3) is 17.1. The summed E-state index contributed by atoms with van der Waals surface area (Å²) >= 11 is 0. The number of carbonyl (C=O) groups excluding carboxylic acids is 6. The summed E-state index contributed by atoms with van der Waals surface area (Å²) in [4.78, 5) is 117. The van der Waals surface area contributed by atoms with E-state index < -0.39 is 47.7 Å².